The van der Waals surface area contributed by atoms with E-state index in [0.717, 1.165) is 18.7 Å². The van der Waals surface area contributed by atoms with Crippen LogP contribution in [0.1, 0.15) is 24.9 Å². The van der Waals surface area contributed by atoms with E-state index >= 15 is 0 Å². The Bertz CT molecular complexity index is 376. The lowest BCUT2D eigenvalue weighted by molar-refractivity contribution is 0.476. The molecule has 0 aliphatic rings. The highest BCUT2D eigenvalue weighted by molar-refractivity contribution is 5.18. The smallest absolute Gasteiger partial charge is 0.203 e. The molecule has 1 aromatic rings. The van der Waals surface area contributed by atoms with Crippen LogP contribution >= 0.6 is 0 Å². The second-order valence-electron chi connectivity index (χ2n) is 2.73. The van der Waals surface area contributed by atoms with Gasteiger partial charge in [0.25, 0.3) is 0 Å². The summed E-state index contributed by atoms with van der Waals surface area (Å²) < 4.78 is 5.18. The first-order valence-corrected chi connectivity index (χ1v) is 4.46. The van der Waals surface area contributed by atoms with Gasteiger partial charge in [-0.1, -0.05) is 0 Å². The fraction of sp³-hybridized carbons (Fsp3) is 0.364. The molecular formula is C11H12N2O. The molecule has 0 bridgehead atoms. The van der Waals surface area contributed by atoms with Gasteiger partial charge >= 0.3 is 0 Å². The molecule has 1 aromatic heterocycles. The van der Waals surface area contributed by atoms with Crippen LogP contribution in [0.25, 0.3) is 0 Å². The van der Waals surface area contributed by atoms with E-state index in [1.807, 2.05) is 13.0 Å². The number of hydrogen-bond acceptors (Lipinski definition) is 3. The summed E-state index contributed by atoms with van der Waals surface area (Å²) in [6.45, 7) is 3.31. The molecule has 1 heterocycles. The third-order valence-electron chi connectivity index (χ3n) is 1.67. The largest absolute Gasteiger partial charge is 0.449 e. The Labute approximate surface area is 83.7 Å². The van der Waals surface area contributed by atoms with Crippen LogP contribution in [0.5, 0.6) is 0 Å². The van der Waals surface area contributed by atoms with Gasteiger partial charge in [0.2, 0.25) is 5.76 Å². The summed E-state index contributed by atoms with van der Waals surface area (Å²) in [6, 6.07) is 5.41. The van der Waals surface area contributed by atoms with Crippen molar-refractivity contribution < 1.29 is 4.42 Å². The van der Waals surface area contributed by atoms with Gasteiger partial charge in [0.05, 0.1) is 6.54 Å². The number of rotatable bonds is 4. The topological polar surface area (TPSA) is 49.0 Å². The van der Waals surface area contributed by atoms with Crippen molar-refractivity contribution in [3.05, 3.63) is 23.7 Å². The average molecular weight is 188 g/mol. The molecule has 3 heteroatoms. The van der Waals surface area contributed by atoms with E-state index in [1.165, 1.54) is 0 Å². The van der Waals surface area contributed by atoms with Crippen molar-refractivity contribution in [2.45, 2.75) is 19.9 Å². The quantitative estimate of drug-likeness (QED) is 0.577. The number of hydrogen-bond donors (Lipinski definition) is 1. The first-order chi connectivity index (χ1) is 6.86. The monoisotopic (exact) mass is 188 g/mol. The standard InChI is InChI=1S/C11H12N2O/c1-2-3-4-7-13-9-11-6-5-10(8-12)14-11/h5-6,13H,4,7,9H2,1H3. The normalized spacial score (nSPS) is 8.86. The molecule has 0 radical (unpaired) electrons. The minimum absolute atomic E-state index is 0.357. The van der Waals surface area contributed by atoms with Crippen LogP contribution in [0, 0.1) is 23.2 Å². The Morgan fingerprint density at radius 2 is 2.36 bits per heavy atom. The van der Waals surface area contributed by atoms with Crippen LogP contribution < -0.4 is 5.32 Å². The van der Waals surface area contributed by atoms with Crippen molar-refractivity contribution in [2.75, 3.05) is 6.54 Å². The van der Waals surface area contributed by atoms with Crippen molar-refractivity contribution >= 4 is 0 Å². The maximum Gasteiger partial charge on any atom is 0.203 e. The lowest BCUT2D eigenvalue weighted by atomic mass is 10.4. The lowest BCUT2D eigenvalue weighted by Crippen LogP contribution is -2.13. The summed E-state index contributed by atoms with van der Waals surface area (Å²) in [7, 11) is 0. The maximum atomic E-state index is 8.51. The van der Waals surface area contributed by atoms with Crippen LogP contribution in [-0.4, -0.2) is 6.54 Å². The fourth-order valence-corrected chi connectivity index (χ4v) is 1.02. The van der Waals surface area contributed by atoms with Gasteiger partial charge in [-0.2, -0.15) is 5.26 Å². The van der Waals surface area contributed by atoms with Crippen LogP contribution in [0.15, 0.2) is 16.5 Å². The average Bonchev–Trinajstić information content (AvgIpc) is 2.65. The second-order valence-corrected chi connectivity index (χ2v) is 2.73. The van der Waals surface area contributed by atoms with E-state index in [2.05, 4.69) is 17.2 Å². The van der Waals surface area contributed by atoms with E-state index < -0.39 is 0 Å². The van der Waals surface area contributed by atoms with Gasteiger partial charge in [0, 0.05) is 13.0 Å². The molecule has 0 amide bonds. The second kappa shape index (κ2) is 5.85. The van der Waals surface area contributed by atoms with Crippen LogP contribution in [0.3, 0.4) is 0 Å². The van der Waals surface area contributed by atoms with Crippen molar-refractivity contribution in [1.82, 2.24) is 5.32 Å². The predicted molar refractivity (Wildman–Crippen MR) is 53.2 cm³/mol. The Morgan fingerprint density at radius 1 is 1.50 bits per heavy atom. The van der Waals surface area contributed by atoms with E-state index in [-0.39, 0.29) is 0 Å². The molecule has 3 nitrogen and oxygen atoms in total. The van der Waals surface area contributed by atoms with Gasteiger partial charge in [-0.15, -0.1) is 11.8 Å². The number of furan rings is 1. The molecule has 0 aliphatic heterocycles. The molecule has 0 spiro atoms. The number of nitriles is 1. The molecule has 72 valence electrons. The Hall–Kier alpha value is -1.71. The van der Waals surface area contributed by atoms with Crippen LogP contribution in [-0.2, 0) is 6.54 Å². The Balaban J connectivity index is 2.24. The molecule has 0 aliphatic carbocycles. The number of nitrogens with zero attached hydrogens (tertiary/aromatic N) is 1. The summed E-state index contributed by atoms with van der Waals surface area (Å²) in [5.41, 5.74) is 0. The van der Waals surface area contributed by atoms with Crippen molar-refractivity contribution in [3.8, 4) is 17.9 Å². The predicted octanol–water partition coefficient (Wildman–Crippen LogP) is 1.65. The van der Waals surface area contributed by atoms with Gasteiger partial charge < -0.3 is 9.73 Å². The highest BCUT2D eigenvalue weighted by atomic mass is 16.3. The molecule has 0 fully saturated rings. The third-order valence-corrected chi connectivity index (χ3v) is 1.67. The van der Waals surface area contributed by atoms with E-state index in [4.69, 9.17) is 9.68 Å². The van der Waals surface area contributed by atoms with E-state index in [9.17, 15) is 0 Å². The summed E-state index contributed by atoms with van der Waals surface area (Å²) in [4.78, 5) is 0. The van der Waals surface area contributed by atoms with Gasteiger partial charge in [-0.3, -0.25) is 0 Å². The first-order valence-electron chi connectivity index (χ1n) is 4.46. The van der Waals surface area contributed by atoms with Crippen molar-refractivity contribution in [1.29, 1.82) is 5.26 Å². The molecular weight excluding hydrogens is 176 g/mol. The lowest BCUT2D eigenvalue weighted by Gasteiger charge is -1.97. The van der Waals surface area contributed by atoms with Gasteiger partial charge in [0.15, 0.2) is 0 Å². The zero-order valence-electron chi connectivity index (χ0n) is 8.13. The van der Waals surface area contributed by atoms with Gasteiger partial charge in [-0.05, 0) is 19.1 Å². The minimum atomic E-state index is 0.357. The molecule has 0 aromatic carbocycles. The van der Waals surface area contributed by atoms with Gasteiger partial charge in [-0.25, -0.2) is 0 Å². The van der Waals surface area contributed by atoms with Crippen molar-refractivity contribution in [2.24, 2.45) is 0 Å². The molecule has 0 saturated heterocycles. The first kappa shape index (κ1) is 10.4. The highest BCUT2D eigenvalue weighted by Crippen LogP contribution is 2.05. The van der Waals surface area contributed by atoms with Gasteiger partial charge in [0.1, 0.15) is 11.8 Å². The summed E-state index contributed by atoms with van der Waals surface area (Å²) in [6.07, 6.45) is 0.836. The van der Waals surface area contributed by atoms with Crippen LogP contribution in [0.2, 0.25) is 0 Å². The third kappa shape index (κ3) is 3.35. The van der Waals surface area contributed by atoms with Crippen molar-refractivity contribution in [3.63, 3.8) is 0 Å². The highest BCUT2D eigenvalue weighted by Gasteiger charge is 1.98. The molecule has 1 rings (SSSR count). The summed E-state index contributed by atoms with van der Waals surface area (Å²) in [5, 5.41) is 11.7. The zero-order chi connectivity index (χ0) is 10.2. The summed E-state index contributed by atoms with van der Waals surface area (Å²) in [5.74, 6) is 6.92. The van der Waals surface area contributed by atoms with E-state index in [0.29, 0.717) is 12.3 Å². The zero-order valence-corrected chi connectivity index (χ0v) is 8.13. The number of nitrogens with one attached hydrogen (secondary N) is 1. The fourth-order valence-electron chi connectivity index (χ4n) is 1.02. The van der Waals surface area contributed by atoms with E-state index in [1.54, 1.807) is 12.1 Å². The Morgan fingerprint density at radius 3 is 3.00 bits per heavy atom. The molecule has 0 saturated carbocycles. The maximum absolute atomic E-state index is 8.51. The summed E-state index contributed by atoms with van der Waals surface area (Å²) >= 11 is 0. The molecule has 0 unspecified atom stereocenters. The molecule has 0 atom stereocenters. The Kier molecular flexibility index (Phi) is 4.34. The minimum Gasteiger partial charge on any atom is -0.449 e. The van der Waals surface area contributed by atoms with Crippen LogP contribution in [0.4, 0.5) is 0 Å². The molecule has 14 heavy (non-hydrogen) atoms. The SMILES string of the molecule is CC#CCCNCc1ccc(C#N)o1. The molecule has 1 N–H and O–H groups in total.